The van der Waals surface area contributed by atoms with E-state index in [0.717, 1.165) is 11.3 Å². The molecule has 2 amide bonds. The lowest BCUT2D eigenvalue weighted by atomic mass is 10.4. The lowest BCUT2D eigenvalue weighted by molar-refractivity contribution is 0.0982. The summed E-state index contributed by atoms with van der Waals surface area (Å²) in [7, 11) is 0. The van der Waals surface area contributed by atoms with E-state index >= 15 is 0 Å². The molecule has 0 fully saturated rings. The van der Waals surface area contributed by atoms with Gasteiger partial charge in [0.25, 0.3) is 5.91 Å². The molecule has 100 valence electrons. The number of amides is 2. The molecule has 3 N–H and O–H groups in total. The van der Waals surface area contributed by atoms with E-state index in [-0.39, 0.29) is 16.6 Å². The Kier molecular flexibility index (Phi) is 3.81. The number of anilines is 1. The standard InChI is InChI=1S/C9H9N5O3S2/c1-3-11-7(17-14-3)6(16)13-8-4(5(10)15)12-9(18-2)19-8/h1-2H3,(H2,10,15)(H,13,16). The number of nitrogens with two attached hydrogens (primary N) is 1. The van der Waals surface area contributed by atoms with E-state index in [1.807, 2.05) is 0 Å². The van der Waals surface area contributed by atoms with Gasteiger partial charge < -0.3 is 15.6 Å². The van der Waals surface area contributed by atoms with Crippen LogP contribution in [0, 0.1) is 6.92 Å². The van der Waals surface area contributed by atoms with Crippen molar-refractivity contribution in [1.29, 1.82) is 0 Å². The van der Waals surface area contributed by atoms with Crippen LogP contribution in [0.3, 0.4) is 0 Å². The summed E-state index contributed by atoms with van der Waals surface area (Å²) < 4.78 is 5.34. The molecule has 2 rings (SSSR count). The van der Waals surface area contributed by atoms with Gasteiger partial charge in [-0.25, -0.2) is 4.98 Å². The molecule has 0 bridgehead atoms. The van der Waals surface area contributed by atoms with Gasteiger partial charge in [-0.2, -0.15) is 4.98 Å². The lowest BCUT2D eigenvalue weighted by Crippen LogP contribution is -2.17. The smallest absolute Gasteiger partial charge is 0.316 e. The van der Waals surface area contributed by atoms with Crippen LogP contribution >= 0.6 is 23.1 Å². The molecular weight excluding hydrogens is 290 g/mol. The third kappa shape index (κ3) is 2.90. The predicted octanol–water partition coefficient (Wildman–Crippen LogP) is 0.908. The van der Waals surface area contributed by atoms with E-state index in [0.29, 0.717) is 10.2 Å². The van der Waals surface area contributed by atoms with Crippen LogP contribution in [0.25, 0.3) is 0 Å². The Balaban J connectivity index is 2.25. The van der Waals surface area contributed by atoms with Gasteiger partial charge in [0.1, 0.15) is 5.00 Å². The number of hydrogen-bond acceptors (Lipinski definition) is 8. The van der Waals surface area contributed by atoms with Crippen LogP contribution in [0.2, 0.25) is 0 Å². The quantitative estimate of drug-likeness (QED) is 0.804. The summed E-state index contributed by atoms with van der Waals surface area (Å²) in [6.45, 7) is 1.59. The van der Waals surface area contributed by atoms with Crippen molar-refractivity contribution in [2.75, 3.05) is 11.6 Å². The van der Waals surface area contributed by atoms with Crippen LogP contribution < -0.4 is 11.1 Å². The monoisotopic (exact) mass is 299 g/mol. The summed E-state index contributed by atoms with van der Waals surface area (Å²) >= 11 is 2.49. The number of carbonyl (C=O) groups is 2. The molecule has 2 aromatic heterocycles. The van der Waals surface area contributed by atoms with Gasteiger partial charge in [0.05, 0.1) is 0 Å². The van der Waals surface area contributed by atoms with E-state index < -0.39 is 11.8 Å². The van der Waals surface area contributed by atoms with Crippen molar-refractivity contribution >= 4 is 39.9 Å². The number of nitrogens with zero attached hydrogens (tertiary/aromatic N) is 3. The minimum atomic E-state index is -0.714. The molecule has 8 nitrogen and oxygen atoms in total. The molecule has 0 aliphatic heterocycles. The summed E-state index contributed by atoms with van der Waals surface area (Å²) in [6.07, 6.45) is 1.80. The molecule has 0 aromatic carbocycles. The Labute approximate surface area is 115 Å². The molecule has 0 atom stereocenters. The first-order valence-corrected chi connectivity index (χ1v) is 7.01. The van der Waals surface area contributed by atoms with E-state index in [2.05, 4.69) is 20.4 Å². The van der Waals surface area contributed by atoms with Gasteiger partial charge >= 0.3 is 11.8 Å². The topological polar surface area (TPSA) is 124 Å². The van der Waals surface area contributed by atoms with Gasteiger partial charge in [0.2, 0.25) is 0 Å². The summed E-state index contributed by atoms with van der Waals surface area (Å²) in [5, 5.41) is 6.25. The van der Waals surface area contributed by atoms with Crippen LogP contribution in [0.4, 0.5) is 5.00 Å². The fourth-order valence-corrected chi connectivity index (χ4v) is 2.65. The fourth-order valence-electron chi connectivity index (χ4n) is 1.19. The predicted molar refractivity (Wildman–Crippen MR) is 69.4 cm³/mol. The normalized spacial score (nSPS) is 10.4. The van der Waals surface area contributed by atoms with Crippen molar-refractivity contribution in [2.45, 2.75) is 11.3 Å². The summed E-state index contributed by atoms with van der Waals surface area (Å²) in [4.78, 5) is 30.8. The first-order valence-electron chi connectivity index (χ1n) is 4.97. The van der Waals surface area contributed by atoms with Gasteiger partial charge in [0.15, 0.2) is 15.9 Å². The van der Waals surface area contributed by atoms with Crippen LogP contribution in [-0.4, -0.2) is 33.2 Å². The van der Waals surface area contributed by atoms with Crippen molar-refractivity contribution in [1.82, 2.24) is 15.1 Å². The molecule has 0 spiro atoms. The molecule has 19 heavy (non-hydrogen) atoms. The van der Waals surface area contributed by atoms with Crippen LogP contribution in [0.5, 0.6) is 0 Å². The Morgan fingerprint density at radius 1 is 1.42 bits per heavy atom. The highest BCUT2D eigenvalue weighted by Crippen LogP contribution is 2.30. The third-order valence-electron chi connectivity index (χ3n) is 1.96. The van der Waals surface area contributed by atoms with Gasteiger partial charge in [-0.3, -0.25) is 9.59 Å². The second kappa shape index (κ2) is 5.36. The zero-order valence-corrected chi connectivity index (χ0v) is 11.6. The fraction of sp³-hybridized carbons (Fsp3) is 0.222. The number of nitrogens with one attached hydrogen (secondary N) is 1. The summed E-state index contributed by atoms with van der Waals surface area (Å²) in [5.41, 5.74) is 5.21. The van der Waals surface area contributed by atoms with E-state index in [1.165, 1.54) is 11.8 Å². The zero-order valence-electron chi connectivity index (χ0n) is 9.96. The maximum atomic E-state index is 11.8. The Hall–Kier alpha value is -1.94. The molecule has 0 aliphatic rings. The Morgan fingerprint density at radius 3 is 2.68 bits per heavy atom. The van der Waals surface area contributed by atoms with Gasteiger partial charge in [-0.05, 0) is 13.2 Å². The Morgan fingerprint density at radius 2 is 2.16 bits per heavy atom. The minimum Gasteiger partial charge on any atom is -0.364 e. The molecule has 0 aliphatic carbocycles. The van der Waals surface area contributed by atoms with Crippen LogP contribution in [0.1, 0.15) is 27.0 Å². The third-order valence-corrected chi connectivity index (χ3v) is 3.92. The molecular formula is C9H9N5O3S2. The van der Waals surface area contributed by atoms with Crippen molar-refractivity contribution in [3.05, 3.63) is 17.4 Å². The summed E-state index contributed by atoms with van der Waals surface area (Å²) in [5.74, 6) is -1.17. The average molecular weight is 299 g/mol. The molecule has 0 unspecified atom stereocenters. The summed E-state index contributed by atoms with van der Waals surface area (Å²) in [6, 6.07) is 0. The van der Waals surface area contributed by atoms with Gasteiger partial charge in [-0.1, -0.05) is 28.3 Å². The Bertz CT molecular complexity index is 636. The number of thioether (sulfide) groups is 1. The van der Waals surface area contributed by atoms with E-state index in [9.17, 15) is 9.59 Å². The minimum absolute atomic E-state index is 0.0129. The average Bonchev–Trinajstić information content (AvgIpc) is 2.95. The maximum Gasteiger partial charge on any atom is 0.316 e. The highest BCUT2D eigenvalue weighted by molar-refractivity contribution is 8.00. The second-order valence-corrected chi connectivity index (χ2v) is 5.38. The van der Waals surface area contributed by atoms with Crippen molar-refractivity contribution < 1.29 is 14.1 Å². The molecule has 10 heteroatoms. The maximum absolute atomic E-state index is 11.8. The number of primary amides is 1. The van der Waals surface area contributed by atoms with Crippen molar-refractivity contribution in [3.8, 4) is 0 Å². The first-order chi connectivity index (χ1) is 9.01. The number of carbonyl (C=O) groups excluding carboxylic acids is 2. The van der Waals surface area contributed by atoms with Gasteiger partial charge in [-0.15, -0.1) is 0 Å². The highest BCUT2D eigenvalue weighted by atomic mass is 32.2. The second-order valence-electron chi connectivity index (χ2n) is 3.33. The molecule has 2 heterocycles. The number of rotatable bonds is 4. The van der Waals surface area contributed by atoms with E-state index in [1.54, 1.807) is 13.2 Å². The first kappa shape index (κ1) is 13.5. The SMILES string of the molecule is CSc1nc(C(N)=O)c(NC(=O)c2nc(C)no2)s1. The van der Waals surface area contributed by atoms with E-state index in [4.69, 9.17) is 10.3 Å². The molecule has 0 saturated heterocycles. The van der Waals surface area contributed by atoms with Crippen LogP contribution in [-0.2, 0) is 0 Å². The number of aryl methyl sites for hydroxylation is 1. The van der Waals surface area contributed by atoms with Crippen LogP contribution in [0.15, 0.2) is 8.86 Å². The van der Waals surface area contributed by atoms with Gasteiger partial charge in [0, 0.05) is 0 Å². The lowest BCUT2D eigenvalue weighted by Gasteiger charge is -1.98. The molecule has 0 radical (unpaired) electrons. The zero-order chi connectivity index (χ0) is 14.0. The number of thiazole rings is 1. The van der Waals surface area contributed by atoms with Crippen molar-refractivity contribution in [2.24, 2.45) is 5.73 Å². The largest absolute Gasteiger partial charge is 0.364 e. The molecule has 0 saturated carbocycles. The van der Waals surface area contributed by atoms with Crippen molar-refractivity contribution in [3.63, 3.8) is 0 Å². The molecule has 2 aromatic rings. The number of hydrogen-bond donors (Lipinski definition) is 2. The highest BCUT2D eigenvalue weighted by Gasteiger charge is 2.21. The number of aromatic nitrogens is 3.